The largest absolute Gasteiger partial charge is 0.454 e. The van der Waals surface area contributed by atoms with Crippen molar-refractivity contribution in [2.24, 2.45) is 0 Å². The molecular weight excluding hydrogens is 377 g/mol. The van der Waals surface area contributed by atoms with Crippen LogP contribution in [0.15, 0.2) is 54.6 Å². The molecule has 0 unspecified atom stereocenters. The molecule has 2 N–H and O–H groups in total. The summed E-state index contributed by atoms with van der Waals surface area (Å²) in [6.07, 6.45) is 0.726. The van der Waals surface area contributed by atoms with Gasteiger partial charge in [0, 0.05) is 25.8 Å². The molecule has 0 atom stereocenters. The summed E-state index contributed by atoms with van der Waals surface area (Å²) < 4.78 is 18.3. The number of nitrogens with one attached hydrogen (secondary N) is 2. The Hall–Kier alpha value is -3.42. The molecule has 0 radical (unpaired) electrons. The minimum Gasteiger partial charge on any atom is -0.454 e. The molecule has 0 spiro atoms. The first-order valence-corrected chi connectivity index (χ1v) is 9.18. The van der Waals surface area contributed by atoms with Crippen LogP contribution in [0.5, 0.6) is 0 Å². The van der Waals surface area contributed by atoms with E-state index in [9.17, 15) is 18.8 Å². The second-order valence-corrected chi connectivity index (χ2v) is 6.28. The Bertz CT molecular complexity index is 830. The molecule has 0 saturated heterocycles. The Balaban J connectivity index is 1.58. The first-order valence-electron chi connectivity index (χ1n) is 9.18. The summed E-state index contributed by atoms with van der Waals surface area (Å²) in [4.78, 5) is 37.2. The van der Waals surface area contributed by atoms with E-state index >= 15 is 0 Å². The van der Waals surface area contributed by atoms with E-state index in [-0.39, 0.29) is 5.56 Å². The van der Waals surface area contributed by atoms with Gasteiger partial charge in [-0.2, -0.15) is 0 Å². The van der Waals surface area contributed by atoms with Gasteiger partial charge in [-0.1, -0.05) is 30.3 Å². The molecule has 2 aromatic rings. The average Bonchev–Trinajstić information content (AvgIpc) is 2.74. The van der Waals surface area contributed by atoms with Crippen molar-refractivity contribution in [3.63, 3.8) is 0 Å². The highest BCUT2D eigenvalue weighted by atomic mass is 19.1. The molecule has 0 bridgehead atoms. The molecule has 0 aromatic heterocycles. The third kappa shape index (κ3) is 7.61. The predicted octanol–water partition coefficient (Wildman–Crippen LogP) is 1.74. The molecule has 2 amide bonds. The van der Waals surface area contributed by atoms with Gasteiger partial charge in [-0.25, -0.2) is 4.39 Å². The molecular formula is C21H24FN3O4. The normalized spacial score (nSPS) is 10.1. The summed E-state index contributed by atoms with van der Waals surface area (Å²) >= 11 is 0. The number of halogens is 1. The Morgan fingerprint density at radius 2 is 1.69 bits per heavy atom. The molecule has 154 valence electrons. The van der Waals surface area contributed by atoms with Gasteiger partial charge in [0.15, 0.2) is 6.61 Å². The Morgan fingerprint density at radius 3 is 2.41 bits per heavy atom. The summed E-state index contributed by atoms with van der Waals surface area (Å²) in [6.45, 7) is 0.301. The van der Waals surface area contributed by atoms with Crippen LogP contribution in [0, 0.1) is 5.82 Å². The quantitative estimate of drug-likeness (QED) is 0.468. The Morgan fingerprint density at radius 1 is 1.00 bits per heavy atom. The van der Waals surface area contributed by atoms with E-state index in [1.54, 1.807) is 0 Å². The van der Waals surface area contributed by atoms with Crippen molar-refractivity contribution in [2.75, 3.05) is 38.2 Å². The summed E-state index contributed by atoms with van der Waals surface area (Å²) in [5, 5.41) is 4.92. The van der Waals surface area contributed by atoms with E-state index in [2.05, 4.69) is 15.5 Å². The maximum Gasteiger partial charge on any atom is 0.325 e. The zero-order valence-electron chi connectivity index (χ0n) is 16.2. The highest BCUT2D eigenvalue weighted by Crippen LogP contribution is 2.10. The lowest BCUT2D eigenvalue weighted by molar-refractivity contribution is -0.147. The fourth-order valence-corrected chi connectivity index (χ4v) is 2.50. The van der Waals surface area contributed by atoms with Crippen molar-refractivity contribution < 1.29 is 23.5 Å². The van der Waals surface area contributed by atoms with E-state index in [1.807, 2.05) is 37.4 Å². The number of ether oxygens (including phenoxy) is 1. The standard InChI is InChI=1S/C21H24FN3O4/c1-25(16-8-3-2-4-9-16)13-7-12-23-19(26)15-29-20(27)14-24-21(28)17-10-5-6-11-18(17)22/h2-6,8-11H,7,12-15H2,1H3,(H,23,26)(H,24,28). The van der Waals surface area contributed by atoms with Crippen LogP contribution >= 0.6 is 0 Å². The summed E-state index contributed by atoms with van der Waals surface area (Å²) in [5.41, 5.74) is 0.920. The van der Waals surface area contributed by atoms with Crippen molar-refractivity contribution in [3.8, 4) is 0 Å². The van der Waals surface area contributed by atoms with Crippen LogP contribution < -0.4 is 15.5 Å². The third-order valence-corrected chi connectivity index (χ3v) is 4.07. The van der Waals surface area contributed by atoms with E-state index < -0.39 is 36.8 Å². The Labute approximate surface area is 168 Å². The van der Waals surface area contributed by atoms with Gasteiger partial charge >= 0.3 is 5.97 Å². The number of carbonyl (C=O) groups is 3. The van der Waals surface area contributed by atoms with Gasteiger partial charge in [-0.05, 0) is 30.7 Å². The molecule has 0 heterocycles. The third-order valence-electron chi connectivity index (χ3n) is 4.07. The van der Waals surface area contributed by atoms with E-state index in [0.29, 0.717) is 6.54 Å². The molecule has 8 heteroatoms. The fraction of sp³-hybridized carbons (Fsp3) is 0.286. The zero-order chi connectivity index (χ0) is 21.1. The van der Waals surface area contributed by atoms with Crippen LogP contribution in [-0.2, 0) is 14.3 Å². The number of nitrogens with zero attached hydrogens (tertiary/aromatic N) is 1. The first kappa shape index (κ1) is 21.9. The number of benzene rings is 2. The molecule has 0 fully saturated rings. The maximum atomic E-state index is 13.5. The lowest BCUT2D eigenvalue weighted by atomic mass is 10.2. The number of hydrogen-bond donors (Lipinski definition) is 2. The van der Waals surface area contributed by atoms with Crippen molar-refractivity contribution in [2.45, 2.75) is 6.42 Å². The van der Waals surface area contributed by atoms with Crippen LogP contribution in [0.2, 0.25) is 0 Å². The predicted molar refractivity (Wildman–Crippen MR) is 107 cm³/mol. The van der Waals surface area contributed by atoms with Crippen molar-refractivity contribution in [1.82, 2.24) is 10.6 Å². The minimum absolute atomic E-state index is 0.168. The number of esters is 1. The maximum absolute atomic E-state index is 13.5. The van der Waals surface area contributed by atoms with Crippen LogP contribution in [0.1, 0.15) is 16.8 Å². The van der Waals surface area contributed by atoms with Gasteiger partial charge in [0.25, 0.3) is 11.8 Å². The van der Waals surface area contributed by atoms with Crippen LogP contribution in [-0.4, -0.2) is 51.1 Å². The average molecular weight is 401 g/mol. The van der Waals surface area contributed by atoms with E-state index in [1.165, 1.54) is 18.2 Å². The monoisotopic (exact) mass is 401 g/mol. The Kier molecular flexibility index (Phi) is 8.62. The number of rotatable bonds is 10. The first-order chi connectivity index (χ1) is 14.0. The second-order valence-electron chi connectivity index (χ2n) is 6.28. The lowest BCUT2D eigenvalue weighted by Crippen LogP contribution is -2.35. The molecule has 0 saturated carbocycles. The van der Waals surface area contributed by atoms with Gasteiger partial charge in [-0.3, -0.25) is 14.4 Å². The summed E-state index contributed by atoms with van der Waals surface area (Å²) in [7, 11) is 1.97. The molecule has 2 rings (SSSR count). The molecule has 0 aliphatic heterocycles. The van der Waals surface area contributed by atoms with Gasteiger partial charge in [-0.15, -0.1) is 0 Å². The number of para-hydroxylation sites is 1. The van der Waals surface area contributed by atoms with Crippen molar-refractivity contribution in [1.29, 1.82) is 0 Å². The lowest BCUT2D eigenvalue weighted by Gasteiger charge is -2.19. The molecule has 7 nitrogen and oxygen atoms in total. The van der Waals surface area contributed by atoms with Gasteiger partial charge in [0.05, 0.1) is 5.56 Å². The number of amides is 2. The summed E-state index contributed by atoms with van der Waals surface area (Å²) in [5.74, 6) is -2.63. The molecule has 29 heavy (non-hydrogen) atoms. The van der Waals surface area contributed by atoms with Crippen LogP contribution in [0.25, 0.3) is 0 Å². The number of anilines is 1. The van der Waals surface area contributed by atoms with Crippen LogP contribution in [0.4, 0.5) is 10.1 Å². The van der Waals surface area contributed by atoms with Gasteiger partial charge < -0.3 is 20.3 Å². The topological polar surface area (TPSA) is 87.7 Å². The second kappa shape index (κ2) is 11.4. The summed E-state index contributed by atoms with van der Waals surface area (Å²) in [6, 6.07) is 15.3. The van der Waals surface area contributed by atoms with Crippen LogP contribution in [0.3, 0.4) is 0 Å². The minimum atomic E-state index is -0.784. The van der Waals surface area contributed by atoms with Crippen molar-refractivity contribution in [3.05, 3.63) is 66.0 Å². The van der Waals surface area contributed by atoms with Gasteiger partial charge in [0.1, 0.15) is 12.4 Å². The number of hydrogen-bond acceptors (Lipinski definition) is 5. The smallest absolute Gasteiger partial charge is 0.325 e. The highest BCUT2D eigenvalue weighted by molar-refractivity contribution is 5.96. The molecule has 2 aromatic carbocycles. The SMILES string of the molecule is CN(CCCNC(=O)COC(=O)CNC(=O)c1ccccc1F)c1ccccc1. The highest BCUT2D eigenvalue weighted by Gasteiger charge is 2.13. The van der Waals surface area contributed by atoms with Gasteiger partial charge in [0.2, 0.25) is 0 Å². The van der Waals surface area contributed by atoms with E-state index in [0.717, 1.165) is 24.7 Å². The number of carbonyl (C=O) groups excluding carboxylic acids is 3. The molecule has 0 aliphatic rings. The fourth-order valence-electron chi connectivity index (χ4n) is 2.50. The zero-order valence-corrected chi connectivity index (χ0v) is 16.2. The molecule has 0 aliphatic carbocycles. The van der Waals surface area contributed by atoms with E-state index in [4.69, 9.17) is 4.74 Å². The van der Waals surface area contributed by atoms with Crippen molar-refractivity contribution >= 4 is 23.5 Å².